The normalized spacial score (nSPS) is 10.7. The minimum absolute atomic E-state index is 0.247. The molecule has 0 radical (unpaired) electrons. The Morgan fingerprint density at radius 3 is 2.55 bits per heavy atom. The van der Waals surface area contributed by atoms with E-state index in [1.54, 1.807) is 12.1 Å². The first-order valence-corrected chi connectivity index (χ1v) is 9.35. The quantitative estimate of drug-likeness (QED) is 0.507. The number of anilines is 1. The number of hydrogen-bond acceptors (Lipinski definition) is 5. The molecule has 0 saturated heterocycles. The molecular weight excluding hydrogens is 393 g/mol. The molecule has 8 heteroatoms. The third-order valence-corrected chi connectivity index (χ3v) is 5.17. The van der Waals surface area contributed by atoms with Gasteiger partial charge in [-0.1, -0.05) is 30.3 Å². The van der Waals surface area contributed by atoms with E-state index in [1.165, 1.54) is 29.7 Å². The van der Waals surface area contributed by atoms with Crippen LogP contribution < -0.4 is 11.1 Å². The Bertz CT molecular complexity index is 1190. The van der Waals surface area contributed by atoms with Crippen LogP contribution in [0.1, 0.15) is 20.0 Å². The standard InChI is InChI=1S/C21H14FN3O3S/c22-15-9-8-13(11-14(15)19(23)26)24-20(27)18-17(12-5-2-1-3-6-12)25-21(29-18)16-7-4-10-28-16/h1-11H,(H2,23,26)(H,24,27). The largest absolute Gasteiger partial charge is 0.462 e. The maximum absolute atomic E-state index is 13.7. The molecule has 2 aromatic carbocycles. The van der Waals surface area contributed by atoms with E-state index in [-0.39, 0.29) is 11.3 Å². The van der Waals surface area contributed by atoms with Crippen molar-refractivity contribution in [1.29, 1.82) is 0 Å². The van der Waals surface area contributed by atoms with Gasteiger partial charge in [-0.15, -0.1) is 11.3 Å². The van der Waals surface area contributed by atoms with Gasteiger partial charge in [-0.2, -0.15) is 0 Å². The molecule has 0 atom stereocenters. The summed E-state index contributed by atoms with van der Waals surface area (Å²) in [4.78, 5) is 29.3. The molecule has 0 unspecified atom stereocenters. The fraction of sp³-hybridized carbons (Fsp3) is 0. The Balaban J connectivity index is 1.73. The summed E-state index contributed by atoms with van der Waals surface area (Å²) in [7, 11) is 0. The fourth-order valence-electron chi connectivity index (χ4n) is 2.75. The van der Waals surface area contributed by atoms with Gasteiger partial charge < -0.3 is 15.5 Å². The molecule has 4 rings (SSSR count). The van der Waals surface area contributed by atoms with E-state index in [2.05, 4.69) is 10.3 Å². The highest BCUT2D eigenvalue weighted by atomic mass is 32.1. The topological polar surface area (TPSA) is 98.2 Å². The first-order valence-electron chi connectivity index (χ1n) is 8.54. The number of amides is 2. The van der Waals surface area contributed by atoms with E-state index in [0.717, 1.165) is 11.6 Å². The average molecular weight is 407 g/mol. The maximum Gasteiger partial charge on any atom is 0.268 e. The Labute approximate surface area is 168 Å². The van der Waals surface area contributed by atoms with Gasteiger partial charge in [0, 0.05) is 11.3 Å². The predicted octanol–water partition coefficient (Wildman–Crippen LogP) is 4.56. The summed E-state index contributed by atoms with van der Waals surface area (Å²) in [6.45, 7) is 0. The van der Waals surface area contributed by atoms with Crippen LogP contribution >= 0.6 is 11.3 Å². The number of halogens is 1. The number of benzene rings is 2. The Hall–Kier alpha value is -3.78. The number of thiazole rings is 1. The molecule has 0 aliphatic carbocycles. The van der Waals surface area contributed by atoms with Crippen molar-refractivity contribution in [3.05, 3.63) is 83.2 Å². The van der Waals surface area contributed by atoms with Crippen LogP contribution in [-0.2, 0) is 0 Å². The third kappa shape index (κ3) is 3.78. The molecule has 2 heterocycles. The van der Waals surface area contributed by atoms with Crippen LogP contribution in [0.4, 0.5) is 10.1 Å². The summed E-state index contributed by atoms with van der Waals surface area (Å²) in [6, 6.07) is 16.4. The number of aromatic nitrogens is 1. The van der Waals surface area contributed by atoms with Crippen LogP contribution in [0.25, 0.3) is 22.0 Å². The lowest BCUT2D eigenvalue weighted by Gasteiger charge is -2.07. The number of primary amides is 1. The van der Waals surface area contributed by atoms with Gasteiger partial charge in [0.2, 0.25) is 0 Å². The zero-order chi connectivity index (χ0) is 20.4. The predicted molar refractivity (Wildman–Crippen MR) is 108 cm³/mol. The zero-order valence-corrected chi connectivity index (χ0v) is 15.7. The van der Waals surface area contributed by atoms with Crippen molar-refractivity contribution < 1.29 is 18.4 Å². The van der Waals surface area contributed by atoms with Crippen molar-refractivity contribution in [1.82, 2.24) is 4.98 Å². The van der Waals surface area contributed by atoms with Crippen LogP contribution in [0.5, 0.6) is 0 Å². The van der Waals surface area contributed by atoms with E-state index in [9.17, 15) is 14.0 Å². The van der Waals surface area contributed by atoms with Crippen molar-refractivity contribution in [2.24, 2.45) is 5.73 Å². The lowest BCUT2D eigenvalue weighted by molar-refractivity contribution is 0.0993. The smallest absolute Gasteiger partial charge is 0.268 e. The van der Waals surface area contributed by atoms with Crippen LogP contribution in [0, 0.1) is 5.82 Å². The molecule has 2 aromatic heterocycles. The van der Waals surface area contributed by atoms with Crippen molar-refractivity contribution in [3.63, 3.8) is 0 Å². The third-order valence-electron chi connectivity index (χ3n) is 4.10. The Morgan fingerprint density at radius 2 is 1.86 bits per heavy atom. The van der Waals surface area contributed by atoms with Crippen molar-refractivity contribution in [2.45, 2.75) is 0 Å². The summed E-state index contributed by atoms with van der Waals surface area (Å²) < 4.78 is 19.1. The SMILES string of the molecule is NC(=O)c1cc(NC(=O)c2sc(-c3ccco3)nc2-c2ccccc2)ccc1F. The molecule has 144 valence electrons. The number of nitrogens with zero attached hydrogens (tertiary/aromatic N) is 1. The summed E-state index contributed by atoms with van der Waals surface area (Å²) in [6.07, 6.45) is 1.53. The van der Waals surface area contributed by atoms with Gasteiger partial charge in [-0.3, -0.25) is 9.59 Å². The summed E-state index contributed by atoms with van der Waals surface area (Å²) in [5.41, 5.74) is 6.39. The number of nitrogens with one attached hydrogen (secondary N) is 1. The molecule has 0 saturated carbocycles. The van der Waals surface area contributed by atoms with Gasteiger partial charge in [-0.25, -0.2) is 9.37 Å². The highest BCUT2D eigenvalue weighted by molar-refractivity contribution is 7.17. The van der Waals surface area contributed by atoms with Crippen LogP contribution in [0.15, 0.2) is 71.3 Å². The van der Waals surface area contributed by atoms with Crippen molar-refractivity contribution >= 4 is 28.8 Å². The Kier molecular flexibility index (Phi) is 4.92. The van der Waals surface area contributed by atoms with Gasteiger partial charge in [0.1, 0.15) is 10.7 Å². The second kappa shape index (κ2) is 7.69. The lowest BCUT2D eigenvalue weighted by Crippen LogP contribution is -2.15. The fourth-order valence-corrected chi connectivity index (χ4v) is 3.70. The van der Waals surface area contributed by atoms with E-state index in [1.807, 2.05) is 30.3 Å². The zero-order valence-electron chi connectivity index (χ0n) is 14.9. The number of nitrogens with two attached hydrogens (primary N) is 1. The highest BCUT2D eigenvalue weighted by Crippen LogP contribution is 2.34. The molecule has 0 aliphatic heterocycles. The maximum atomic E-state index is 13.7. The number of hydrogen-bond donors (Lipinski definition) is 2. The second-order valence-electron chi connectivity index (χ2n) is 6.05. The first-order chi connectivity index (χ1) is 14.0. The van der Waals surface area contributed by atoms with Crippen LogP contribution in [-0.4, -0.2) is 16.8 Å². The lowest BCUT2D eigenvalue weighted by atomic mass is 10.1. The van der Waals surface area contributed by atoms with Gasteiger partial charge in [0.15, 0.2) is 10.8 Å². The second-order valence-corrected chi connectivity index (χ2v) is 7.05. The van der Waals surface area contributed by atoms with Gasteiger partial charge in [-0.05, 0) is 30.3 Å². The summed E-state index contributed by atoms with van der Waals surface area (Å²) in [5.74, 6) is -1.56. The van der Waals surface area contributed by atoms with Gasteiger partial charge >= 0.3 is 0 Å². The van der Waals surface area contributed by atoms with E-state index in [4.69, 9.17) is 10.2 Å². The summed E-state index contributed by atoms with van der Waals surface area (Å²) >= 11 is 1.17. The van der Waals surface area contributed by atoms with E-state index < -0.39 is 17.6 Å². The molecule has 0 fully saturated rings. The minimum Gasteiger partial charge on any atom is -0.462 e. The molecule has 0 bridgehead atoms. The van der Waals surface area contributed by atoms with Crippen molar-refractivity contribution in [3.8, 4) is 22.0 Å². The van der Waals surface area contributed by atoms with Gasteiger partial charge in [0.25, 0.3) is 11.8 Å². The van der Waals surface area contributed by atoms with Crippen molar-refractivity contribution in [2.75, 3.05) is 5.32 Å². The number of carbonyl (C=O) groups is 2. The molecule has 0 aliphatic rings. The molecule has 3 N–H and O–H groups in total. The highest BCUT2D eigenvalue weighted by Gasteiger charge is 2.22. The van der Waals surface area contributed by atoms with Crippen LogP contribution in [0.3, 0.4) is 0 Å². The number of rotatable bonds is 5. The van der Waals surface area contributed by atoms with Gasteiger partial charge in [0.05, 0.1) is 17.5 Å². The molecule has 2 amide bonds. The number of furan rings is 1. The minimum atomic E-state index is -0.915. The first kappa shape index (κ1) is 18.6. The summed E-state index contributed by atoms with van der Waals surface area (Å²) in [5, 5.41) is 3.23. The Morgan fingerprint density at radius 1 is 1.07 bits per heavy atom. The molecular formula is C21H14FN3O3S. The molecule has 0 spiro atoms. The molecule has 29 heavy (non-hydrogen) atoms. The monoisotopic (exact) mass is 407 g/mol. The van der Waals surface area contributed by atoms with Crippen LogP contribution in [0.2, 0.25) is 0 Å². The number of carbonyl (C=O) groups excluding carboxylic acids is 2. The molecule has 6 nitrogen and oxygen atoms in total. The van der Waals surface area contributed by atoms with E-state index >= 15 is 0 Å². The average Bonchev–Trinajstić information content (AvgIpc) is 3.39. The van der Waals surface area contributed by atoms with E-state index in [0.29, 0.717) is 21.3 Å². The molecule has 4 aromatic rings.